The summed E-state index contributed by atoms with van der Waals surface area (Å²) in [4.78, 5) is 33.6. The minimum absolute atomic E-state index is 0.108. The molecule has 2 aromatic rings. The average Bonchev–Trinajstić information content (AvgIpc) is 3.03. The lowest BCUT2D eigenvalue weighted by molar-refractivity contribution is -0.915. The lowest BCUT2D eigenvalue weighted by Crippen LogP contribution is -3.19. The van der Waals surface area contributed by atoms with E-state index in [9.17, 15) is 9.59 Å². The molecular formula is C20H24N4O3+2. The van der Waals surface area contributed by atoms with Gasteiger partial charge in [0, 0.05) is 12.1 Å². The van der Waals surface area contributed by atoms with Crippen molar-refractivity contribution in [3.8, 4) is 5.75 Å². The molecule has 0 spiro atoms. The van der Waals surface area contributed by atoms with Gasteiger partial charge in [0.2, 0.25) is 5.91 Å². The van der Waals surface area contributed by atoms with Gasteiger partial charge in [-0.25, -0.2) is 9.88 Å². The lowest BCUT2D eigenvalue weighted by Gasteiger charge is -2.31. The minimum atomic E-state index is -0.300. The number of anilines is 2. The van der Waals surface area contributed by atoms with Crippen molar-refractivity contribution >= 4 is 23.3 Å². The van der Waals surface area contributed by atoms with Crippen LogP contribution in [0.4, 0.5) is 11.5 Å². The Hall–Kier alpha value is -2.93. The van der Waals surface area contributed by atoms with Gasteiger partial charge in [0.1, 0.15) is 31.9 Å². The van der Waals surface area contributed by atoms with E-state index in [1.807, 2.05) is 18.3 Å². The molecular weight excluding hydrogens is 344 g/mol. The van der Waals surface area contributed by atoms with Gasteiger partial charge in [-0.15, -0.1) is 0 Å². The van der Waals surface area contributed by atoms with Crippen LogP contribution in [0.1, 0.15) is 6.42 Å². The molecule has 140 valence electrons. The minimum Gasteiger partial charge on any atom is -0.497 e. The van der Waals surface area contributed by atoms with E-state index in [1.54, 1.807) is 31.4 Å². The van der Waals surface area contributed by atoms with E-state index in [-0.39, 0.29) is 24.3 Å². The number of carbonyl (C=O) groups excluding carboxylic acids is 2. The highest BCUT2D eigenvalue weighted by atomic mass is 16.5. The molecule has 2 amide bonds. The Bertz CT molecular complexity index is 834. The van der Waals surface area contributed by atoms with E-state index in [4.69, 9.17) is 4.74 Å². The van der Waals surface area contributed by atoms with Crippen LogP contribution in [-0.4, -0.2) is 51.1 Å². The van der Waals surface area contributed by atoms with Crippen molar-refractivity contribution in [2.45, 2.75) is 12.5 Å². The van der Waals surface area contributed by atoms with E-state index in [2.05, 4.69) is 16.0 Å². The standard InChI is InChI=1S/C20H22N4O3/c1-27-16-6-4-5-15(13-16)24-19(25)14-17(20(24)26)22-9-11-23(12-10-22)18-7-2-3-8-21-18/h2-8,13,17H,9-12,14H2,1H3/p+2/t17-/m1/s1. The fraction of sp³-hybridized carbons (Fsp3) is 0.350. The quantitative estimate of drug-likeness (QED) is 0.742. The summed E-state index contributed by atoms with van der Waals surface area (Å²) in [6, 6.07) is 12.8. The zero-order valence-corrected chi connectivity index (χ0v) is 15.4. The summed E-state index contributed by atoms with van der Waals surface area (Å²) in [6.45, 7) is 3.37. The topological polar surface area (TPSA) is 68.4 Å². The summed E-state index contributed by atoms with van der Waals surface area (Å²) in [7, 11) is 1.57. The van der Waals surface area contributed by atoms with Crippen molar-refractivity contribution in [2.24, 2.45) is 0 Å². The molecule has 2 aliphatic rings. The molecule has 1 aromatic carbocycles. The second-order valence-corrected chi connectivity index (χ2v) is 6.92. The van der Waals surface area contributed by atoms with Gasteiger partial charge in [-0.05, 0) is 18.2 Å². The second kappa shape index (κ2) is 7.36. The first-order chi connectivity index (χ1) is 13.2. The number of aromatic nitrogens is 1. The molecule has 2 saturated heterocycles. The van der Waals surface area contributed by atoms with E-state index < -0.39 is 0 Å². The number of aromatic amines is 1. The monoisotopic (exact) mass is 368 g/mol. The van der Waals surface area contributed by atoms with Gasteiger partial charge in [-0.2, -0.15) is 0 Å². The number of quaternary nitrogens is 1. The largest absolute Gasteiger partial charge is 0.497 e. The van der Waals surface area contributed by atoms with Gasteiger partial charge < -0.3 is 9.64 Å². The number of H-pyrrole nitrogens is 1. The Morgan fingerprint density at radius 3 is 2.63 bits per heavy atom. The Morgan fingerprint density at radius 2 is 1.93 bits per heavy atom. The first kappa shape index (κ1) is 17.5. The molecule has 4 rings (SSSR count). The summed E-state index contributed by atoms with van der Waals surface area (Å²) >= 11 is 0. The Morgan fingerprint density at radius 1 is 1.11 bits per heavy atom. The number of hydrogen-bond donors (Lipinski definition) is 1. The molecule has 0 aliphatic carbocycles. The maximum absolute atomic E-state index is 13.0. The number of benzene rings is 1. The summed E-state index contributed by atoms with van der Waals surface area (Å²) < 4.78 is 5.22. The highest BCUT2D eigenvalue weighted by Crippen LogP contribution is 2.25. The molecule has 2 fully saturated rings. The number of nitrogens with one attached hydrogen (secondary N) is 2. The molecule has 2 aliphatic heterocycles. The molecule has 0 bridgehead atoms. The highest BCUT2D eigenvalue weighted by molar-refractivity contribution is 6.21. The number of amides is 2. The van der Waals surface area contributed by atoms with E-state index in [0.717, 1.165) is 32.0 Å². The predicted octanol–water partition coefficient (Wildman–Crippen LogP) is -0.454. The van der Waals surface area contributed by atoms with Crippen molar-refractivity contribution in [3.05, 3.63) is 48.7 Å². The Labute approximate surface area is 158 Å². The molecule has 3 heterocycles. The van der Waals surface area contributed by atoms with Crippen LogP contribution >= 0.6 is 0 Å². The Kier molecular flexibility index (Phi) is 4.77. The van der Waals surface area contributed by atoms with Crippen LogP contribution in [0.5, 0.6) is 5.75 Å². The third-order valence-electron chi connectivity index (χ3n) is 5.39. The van der Waals surface area contributed by atoms with Gasteiger partial charge in [0.05, 0.1) is 25.4 Å². The van der Waals surface area contributed by atoms with E-state index in [1.165, 1.54) is 9.80 Å². The molecule has 0 saturated carbocycles. The van der Waals surface area contributed by atoms with Crippen molar-refractivity contribution in [1.29, 1.82) is 0 Å². The zero-order chi connectivity index (χ0) is 18.8. The van der Waals surface area contributed by atoms with Crippen molar-refractivity contribution < 1.29 is 24.2 Å². The number of pyridine rings is 1. The summed E-state index contributed by atoms with van der Waals surface area (Å²) in [5.41, 5.74) is 0.587. The molecule has 0 unspecified atom stereocenters. The SMILES string of the molecule is COc1cccc(N2C(=O)C[C@@H]([NH+]3CCN(c4cccc[nH+]4)CC3)C2=O)c1. The third-order valence-corrected chi connectivity index (χ3v) is 5.39. The highest BCUT2D eigenvalue weighted by Gasteiger charge is 2.47. The molecule has 27 heavy (non-hydrogen) atoms. The Balaban J connectivity index is 1.45. The average molecular weight is 368 g/mol. The van der Waals surface area contributed by atoms with Gasteiger partial charge in [-0.1, -0.05) is 12.1 Å². The summed E-state index contributed by atoms with van der Waals surface area (Å²) in [5, 5.41) is 0. The van der Waals surface area contributed by atoms with Crippen LogP contribution in [0.2, 0.25) is 0 Å². The van der Waals surface area contributed by atoms with E-state index >= 15 is 0 Å². The maximum Gasteiger partial charge on any atom is 0.292 e. The molecule has 1 atom stereocenters. The zero-order valence-electron chi connectivity index (χ0n) is 15.4. The van der Waals surface area contributed by atoms with Crippen molar-refractivity contribution in [1.82, 2.24) is 0 Å². The van der Waals surface area contributed by atoms with Crippen LogP contribution < -0.4 is 24.4 Å². The molecule has 2 N–H and O–H groups in total. The first-order valence-electron chi connectivity index (χ1n) is 9.24. The van der Waals surface area contributed by atoms with Crippen LogP contribution in [0.25, 0.3) is 0 Å². The normalized spacial score (nSPS) is 21.0. The fourth-order valence-electron chi connectivity index (χ4n) is 3.94. The molecule has 1 aromatic heterocycles. The third kappa shape index (κ3) is 3.38. The first-order valence-corrected chi connectivity index (χ1v) is 9.24. The number of carbonyl (C=O) groups is 2. The number of imide groups is 1. The molecule has 7 nitrogen and oxygen atoms in total. The van der Waals surface area contributed by atoms with Gasteiger partial charge in [0.15, 0.2) is 6.04 Å². The number of piperazine rings is 1. The number of methoxy groups -OCH3 is 1. The predicted molar refractivity (Wildman–Crippen MR) is 99.8 cm³/mol. The smallest absolute Gasteiger partial charge is 0.292 e. The van der Waals surface area contributed by atoms with Crippen LogP contribution in [0.15, 0.2) is 48.7 Å². The summed E-state index contributed by atoms with van der Waals surface area (Å²) in [6.07, 6.45) is 2.18. The molecule has 0 radical (unpaired) electrons. The van der Waals surface area contributed by atoms with Gasteiger partial charge in [-0.3, -0.25) is 14.5 Å². The number of ether oxygens (including phenoxy) is 1. The van der Waals surface area contributed by atoms with Crippen molar-refractivity contribution in [2.75, 3.05) is 43.1 Å². The second-order valence-electron chi connectivity index (χ2n) is 6.92. The van der Waals surface area contributed by atoms with Crippen molar-refractivity contribution in [3.63, 3.8) is 0 Å². The summed E-state index contributed by atoms with van der Waals surface area (Å²) in [5.74, 6) is 1.48. The van der Waals surface area contributed by atoms with Gasteiger partial charge in [0.25, 0.3) is 11.7 Å². The number of rotatable bonds is 4. The lowest BCUT2D eigenvalue weighted by atomic mass is 10.1. The van der Waals surface area contributed by atoms with Crippen LogP contribution in [-0.2, 0) is 9.59 Å². The van der Waals surface area contributed by atoms with Crippen LogP contribution in [0, 0.1) is 0 Å². The number of nitrogens with zero attached hydrogens (tertiary/aromatic N) is 2. The molecule has 7 heteroatoms. The van der Waals surface area contributed by atoms with E-state index in [0.29, 0.717) is 11.4 Å². The fourth-order valence-corrected chi connectivity index (χ4v) is 3.94. The number of hydrogen-bond acceptors (Lipinski definition) is 4. The van der Waals surface area contributed by atoms with Gasteiger partial charge >= 0.3 is 0 Å². The maximum atomic E-state index is 13.0. The van der Waals surface area contributed by atoms with Crippen LogP contribution in [0.3, 0.4) is 0 Å².